The van der Waals surface area contributed by atoms with E-state index in [1.54, 1.807) is 18.2 Å². The van der Waals surface area contributed by atoms with Gasteiger partial charge in [0, 0.05) is 4.47 Å². The predicted molar refractivity (Wildman–Crippen MR) is 63.2 cm³/mol. The number of rotatable bonds is 3. The van der Waals surface area contributed by atoms with Gasteiger partial charge < -0.3 is 21.5 Å². The van der Waals surface area contributed by atoms with Gasteiger partial charge in [-0.1, -0.05) is 6.07 Å². The van der Waals surface area contributed by atoms with Crippen LogP contribution in [0.15, 0.2) is 22.7 Å². The van der Waals surface area contributed by atoms with Gasteiger partial charge in [-0.05, 0) is 28.1 Å². The average molecular weight is 288 g/mol. The molecule has 0 saturated heterocycles. The number of anilines is 2. The molecule has 0 spiro atoms. The van der Waals surface area contributed by atoms with Crippen LogP contribution in [0.1, 0.15) is 0 Å². The highest BCUT2D eigenvalue weighted by Gasteiger charge is 2.07. The molecule has 16 heavy (non-hydrogen) atoms. The van der Waals surface area contributed by atoms with Crippen LogP contribution in [0.25, 0.3) is 0 Å². The maximum atomic E-state index is 11.3. The van der Waals surface area contributed by atoms with Crippen molar-refractivity contribution in [3.05, 3.63) is 22.7 Å². The van der Waals surface area contributed by atoms with Crippen LogP contribution in [-0.4, -0.2) is 23.7 Å². The summed E-state index contributed by atoms with van der Waals surface area (Å²) in [5.41, 5.74) is 6.52. The van der Waals surface area contributed by atoms with Gasteiger partial charge in [-0.25, -0.2) is 4.79 Å². The van der Waals surface area contributed by atoms with E-state index in [0.717, 1.165) is 0 Å². The summed E-state index contributed by atoms with van der Waals surface area (Å²) in [4.78, 5) is 21.4. The van der Waals surface area contributed by atoms with Gasteiger partial charge in [-0.15, -0.1) is 0 Å². The van der Waals surface area contributed by atoms with Gasteiger partial charge in [-0.3, -0.25) is 4.79 Å². The molecule has 5 N–H and O–H groups in total. The summed E-state index contributed by atoms with van der Waals surface area (Å²) < 4.78 is 0.663. The molecule has 0 radical (unpaired) electrons. The first-order valence-corrected chi connectivity index (χ1v) is 5.10. The second-order valence-corrected chi connectivity index (χ2v) is 3.76. The molecule has 1 aromatic rings. The SMILES string of the molecule is Nc1c(Br)cccc1NC(=O)CNC(=O)O. The summed E-state index contributed by atoms with van der Waals surface area (Å²) in [5, 5.41) is 12.7. The molecular formula is C9H10BrN3O3. The van der Waals surface area contributed by atoms with Crippen molar-refractivity contribution in [2.24, 2.45) is 0 Å². The lowest BCUT2D eigenvalue weighted by Gasteiger charge is -2.08. The van der Waals surface area contributed by atoms with E-state index in [0.29, 0.717) is 15.8 Å². The van der Waals surface area contributed by atoms with E-state index >= 15 is 0 Å². The highest BCUT2D eigenvalue weighted by atomic mass is 79.9. The van der Waals surface area contributed by atoms with Crippen LogP contribution in [0.3, 0.4) is 0 Å². The third kappa shape index (κ3) is 3.43. The topological polar surface area (TPSA) is 104 Å². The largest absolute Gasteiger partial charge is 0.465 e. The molecule has 7 heteroatoms. The number of nitrogens with one attached hydrogen (secondary N) is 2. The van der Waals surface area contributed by atoms with E-state index < -0.39 is 12.0 Å². The Morgan fingerprint density at radius 1 is 1.44 bits per heavy atom. The minimum atomic E-state index is -1.25. The van der Waals surface area contributed by atoms with Gasteiger partial charge in [-0.2, -0.15) is 0 Å². The maximum Gasteiger partial charge on any atom is 0.405 e. The predicted octanol–water partition coefficient (Wildman–Crippen LogP) is 1.24. The zero-order valence-electron chi connectivity index (χ0n) is 8.16. The molecular weight excluding hydrogens is 278 g/mol. The number of carboxylic acid groups (broad SMARTS) is 1. The van der Waals surface area contributed by atoms with Crippen LogP contribution in [0, 0.1) is 0 Å². The van der Waals surface area contributed by atoms with Gasteiger partial charge >= 0.3 is 6.09 Å². The van der Waals surface area contributed by atoms with Crippen molar-refractivity contribution in [1.29, 1.82) is 0 Å². The Morgan fingerprint density at radius 2 is 2.12 bits per heavy atom. The number of benzene rings is 1. The summed E-state index contributed by atoms with van der Waals surface area (Å²) in [6.45, 7) is -0.318. The van der Waals surface area contributed by atoms with Crippen molar-refractivity contribution in [3.63, 3.8) is 0 Å². The Labute approximate surface area is 100.0 Å². The Balaban J connectivity index is 2.63. The summed E-state index contributed by atoms with van der Waals surface area (Å²) in [6.07, 6.45) is -1.25. The summed E-state index contributed by atoms with van der Waals surface area (Å²) in [7, 11) is 0. The standard InChI is InChI=1S/C9H10BrN3O3/c10-5-2-1-3-6(8(5)11)13-7(14)4-12-9(15)16/h1-3,12H,4,11H2,(H,13,14)(H,15,16). The van der Waals surface area contributed by atoms with E-state index in [2.05, 4.69) is 21.2 Å². The summed E-state index contributed by atoms with van der Waals surface area (Å²) in [5.74, 6) is -0.479. The van der Waals surface area contributed by atoms with Crippen molar-refractivity contribution in [3.8, 4) is 0 Å². The molecule has 0 fully saturated rings. The number of hydrogen-bond acceptors (Lipinski definition) is 3. The van der Waals surface area contributed by atoms with Crippen molar-refractivity contribution in [1.82, 2.24) is 5.32 Å². The molecule has 2 amide bonds. The minimum Gasteiger partial charge on any atom is -0.465 e. The molecule has 0 heterocycles. The van der Waals surface area contributed by atoms with Gasteiger partial charge in [0.1, 0.15) is 6.54 Å². The zero-order valence-corrected chi connectivity index (χ0v) is 9.74. The van der Waals surface area contributed by atoms with Crippen LogP contribution < -0.4 is 16.4 Å². The number of nitrogens with two attached hydrogens (primary N) is 1. The smallest absolute Gasteiger partial charge is 0.405 e. The van der Waals surface area contributed by atoms with Gasteiger partial charge in [0.05, 0.1) is 11.4 Å². The van der Waals surface area contributed by atoms with Crippen LogP contribution >= 0.6 is 15.9 Å². The second-order valence-electron chi connectivity index (χ2n) is 2.91. The molecule has 1 rings (SSSR count). The molecule has 0 aliphatic heterocycles. The number of carbonyl (C=O) groups is 2. The maximum absolute atomic E-state index is 11.3. The quantitative estimate of drug-likeness (QED) is 0.628. The van der Waals surface area contributed by atoms with Gasteiger partial charge in [0.15, 0.2) is 0 Å². The number of halogens is 1. The molecule has 0 aliphatic rings. The average Bonchev–Trinajstić information content (AvgIpc) is 2.22. The lowest BCUT2D eigenvalue weighted by atomic mass is 10.2. The minimum absolute atomic E-state index is 0.318. The van der Waals surface area contributed by atoms with E-state index in [9.17, 15) is 9.59 Å². The molecule has 6 nitrogen and oxygen atoms in total. The molecule has 0 bridgehead atoms. The Kier molecular flexibility index (Phi) is 4.12. The molecule has 0 atom stereocenters. The van der Waals surface area contributed by atoms with E-state index in [1.165, 1.54) is 0 Å². The summed E-state index contributed by atoms with van der Waals surface area (Å²) >= 11 is 3.21. The van der Waals surface area contributed by atoms with Crippen molar-refractivity contribution in [2.45, 2.75) is 0 Å². The molecule has 86 valence electrons. The second kappa shape index (κ2) is 5.36. The zero-order chi connectivity index (χ0) is 12.1. The molecule has 0 saturated carbocycles. The highest BCUT2D eigenvalue weighted by Crippen LogP contribution is 2.26. The number of para-hydroxylation sites is 1. The first-order chi connectivity index (χ1) is 7.50. The third-order valence-corrected chi connectivity index (χ3v) is 2.42. The first-order valence-electron chi connectivity index (χ1n) is 4.31. The van der Waals surface area contributed by atoms with E-state index in [-0.39, 0.29) is 6.54 Å². The lowest BCUT2D eigenvalue weighted by molar-refractivity contribution is -0.115. The number of hydrogen-bond donors (Lipinski definition) is 4. The summed E-state index contributed by atoms with van der Waals surface area (Å²) in [6, 6.07) is 5.07. The Morgan fingerprint density at radius 3 is 2.75 bits per heavy atom. The fourth-order valence-corrected chi connectivity index (χ4v) is 1.36. The molecule has 0 aromatic heterocycles. The van der Waals surface area contributed by atoms with Crippen LogP contribution in [0.2, 0.25) is 0 Å². The number of amides is 2. The molecule has 1 aromatic carbocycles. The van der Waals surface area contributed by atoms with Crippen molar-refractivity contribution in [2.75, 3.05) is 17.6 Å². The number of carbonyl (C=O) groups excluding carboxylic acids is 1. The molecule has 0 unspecified atom stereocenters. The van der Waals surface area contributed by atoms with Gasteiger partial charge in [0.2, 0.25) is 5.91 Å². The molecule has 0 aliphatic carbocycles. The Hall–Kier alpha value is -1.76. The van der Waals surface area contributed by atoms with E-state index in [1.807, 2.05) is 5.32 Å². The van der Waals surface area contributed by atoms with Crippen LogP contribution in [0.4, 0.5) is 16.2 Å². The normalized spacial score (nSPS) is 9.56. The Bertz CT molecular complexity index is 422. The fraction of sp³-hybridized carbons (Fsp3) is 0.111. The monoisotopic (exact) mass is 287 g/mol. The lowest BCUT2D eigenvalue weighted by Crippen LogP contribution is -2.31. The fourth-order valence-electron chi connectivity index (χ4n) is 0.996. The van der Waals surface area contributed by atoms with Crippen molar-refractivity contribution < 1.29 is 14.7 Å². The third-order valence-electron chi connectivity index (χ3n) is 1.73. The highest BCUT2D eigenvalue weighted by molar-refractivity contribution is 9.10. The van der Waals surface area contributed by atoms with Crippen LogP contribution in [-0.2, 0) is 4.79 Å². The van der Waals surface area contributed by atoms with Crippen LogP contribution in [0.5, 0.6) is 0 Å². The van der Waals surface area contributed by atoms with E-state index in [4.69, 9.17) is 10.8 Å². The number of nitrogen functional groups attached to an aromatic ring is 1. The van der Waals surface area contributed by atoms with Crippen molar-refractivity contribution >= 4 is 39.3 Å². The van der Waals surface area contributed by atoms with Gasteiger partial charge in [0.25, 0.3) is 0 Å². The first kappa shape index (κ1) is 12.3.